The Kier molecular flexibility index (Phi) is 7.32. The van der Waals surface area contributed by atoms with E-state index >= 15 is 0 Å². The maximum Gasteiger partial charge on any atom is 0.307 e. The average molecular weight is 391 g/mol. The molecule has 2 aromatic rings. The van der Waals surface area contributed by atoms with Gasteiger partial charge in [0.2, 0.25) is 0 Å². The van der Waals surface area contributed by atoms with Gasteiger partial charge in [0.15, 0.2) is 0 Å². The minimum Gasteiger partial charge on any atom is -0.351 e. The van der Waals surface area contributed by atoms with Crippen LogP contribution >= 0.6 is 11.3 Å². The van der Waals surface area contributed by atoms with Gasteiger partial charge in [-0.2, -0.15) is 0 Å². The molecule has 0 aliphatic rings. The lowest BCUT2D eigenvalue weighted by Gasteiger charge is -2.17. The van der Waals surface area contributed by atoms with Gasteiger partial charge in [0.05, 0.1) is 0 Å². The summed E-state index contributed by atoms with van der Waals surface area (Å²) in [6.45, 7) is 9.23. The molecule has 0 saturated carbocycles. The quantitative estimate of drug-likeness (QED) is 0.723. The molecule has 0 atom stereocenters. The number of anilines is 1. The maximum atomic E-state index is 12.3. The van der Waals surface area contributed by atoms with E-state index in [0.29, 0.717) is 28.4 Å². The van der Waals surface area contributed by atoms with E-state index in [9.17, 15) is 14.4 Å². The van der Waals surface area contributed by atoms with Gasteiger partial charge in [-0.25, -0.2) is 0 Å². The zero-order valence-electron chi connectivity index (χ0n) is 16.2. The van der Waals surface area contributed by atoms with Crippen molar-refractivity contribution in [2.45, 2.75) is 20.8 Å². The van der Waals surface area contributed by atoms with E-state index in [-0.39, 0.29) is 16.7 Å². The highest BCUT2D eigenvalue weighted by molar-refractivity contribution is 7.11. The van der Waals surface area contributed by atoms with Gasteiger partial charge in [-0.3, -0.25) is 14.4 Å². The third kappa shape index (κ3) is 5.27. The molecule has 146 valence electrons. The molecule has 0 saturated heterocycles. The van der Waals surface area contributed by atoms with Crippen molar-refractivity contribution < 1.29 is 9.59 Å². The molecule has 0 fully saturated rings. The molecule has 2 N–H and O–H groups in total. The van der Waals surface area contributed by atoms with E-state index in [2.05, 4.69) is 29.4 Å². The standard InChI is InChI=1S/C19H26N4O3S/c1-5-23(6-2)12-11-20-17(24)14-7-9-15(10-8-14)21-18(25)16-13(3)22(4)19(26)27-16/h7-10H,5-6,11-12H2,1-4H3,(H,20,24)(H,21,25). The Morgan fingerprint density at radius 1 is 1.11 bits per heavy atom. The number of hydrogen-bond acceptors (Lipinski definition) is 5. The molecule has 0 spiro atoms. The lowest BCUT2D eigenvalue weighted by atomic mass is 10.2. The molecule has 0 radical (unpaired) electrons. The molecule has 2 rings (SSSR count). The van der Waals surface area contributed by atoms with Crippen LogP contribution in [0.3, 0.4) is 0 Å². The number of amides is 2. The highest BCUT2D eigenvalue weighted by Gasteiger charge is 2.16. The van der Waals surface area contributed by atoms with Gasteiger partial charge in [-0.05, 0) is 44.3 Å². The number of nitrogens with zero attached hydrogens (tertiary/aromatic N) is 2. The Morgan fingerprint density at radius 3 is 2.26 bits per heavy atom. The first kappa shape index (κ1) is 20.9. The van der Waals surface area contributed by atoms with Gasteiger partial charge in [0.25, 0.3) is 11.8 Å². The summed E-state index contributed by atoms with van der Waals surface area (Å²) in [6.07, 6.45) is 0. The number of carbonyl (C=O) groups is 2. The van der Waals surface area contributed by atoms with E-state index in [1.54, 1.807) is 38.2 Å². The van der Waals surface area contributed by atoms with Gasteiger partial charge >= 0.3 is 4.87 Å². The minimum atomic E-state index is -0.327. The van der Waals surface area contributed by atoms with Crippen molar-refractivity contribution in [1.82, 2.24) is 14.8 Å². The first-order chi connectivity index (χ1) is 12.9. The van der Waals surface area contributed by atoms with Crippen molar-refractivity contribution in [2.24, 2.45) is 7.05 Å². The summed E-state index contributed by atoms with van der Waals surface area (Å²) in [5, 5.41) is 5.66. The summed E-state index contributed by atoms with van der Waals surface area (Å²) in [5.41, 5.74) is 1.74. The van der Waals surface area contributed by atoms with Crippen LogP contribution in [0.2, 0.25) is 0 Å². The van der Waals surface area contributed by atoms with Crippen LogP contribution in [0.15, 0.2) is 29.1 Å². The molecular formula is C19H26N4O3S. The molecule has 0 aliphatic carbocycles. The number of rotatable bonds is 8. The van der Waals surface area contributed by atoms with Gasteiger partial charge in [0.1, 0.15) is 4.88 Å². The Labute approximate surface area is 163 Å². The number of carbonyl (C=O) groups excluding carboxylic acids is 2. The fourth-order valence-electron chi connectivity index (χ4n) is 2.59. The monoisotopic (exact) mass is 390 g/mol. The van der Waals surface area contributed by atoms with E-state index in [4.69, 9.17) is 0 Å². The predicted octanol–water partition coefficient (Wildman–Crippen LogP) is 2.08. The van der Waals surface area contributed by atoms with Gasteiger partial charge in [-0.15, -0.1) is 0 Å². The Balaban J connectivity index is 1.94. The van der Waals surface area contributed by atoms with Crippen molar-refractivity contribution in [1.29, 1.82) is 0 Å². The van der Waals surface area contributed by atoms with E-state index in [1.807, 2.05) is 0 Å². The molecule has 0 unspecified atom stereocenters. The lowest BCUT2D eigenvalue weighted by Crippen LogP contribution is -2.34. The van der Waals surface area contributed by atoms with Crippen LogP contribution in [0.1, 0.15) is 39.6 Å². The largest absolute Gasteiger partial charge is 0.351 e. The third-order valence-electron chi connectivity index (χ3n) is 4.51. The van der Waals surface area contributed by atoms with Gasteiger partial charge in [0, 0.05) is 37.1 Å². The number of aromatic nitrogens is 1. The fourth-order valence-corrected chi connectivity index (χ4v) is 3.47. The highest BCUT2D eigenvalue weighted by Crippen LogP contribution is 2.15. The summed E-state index contributed by atoms with van der Waals surface area (Å²) in [4.78, 5) is 38.6. The highest BCUT2D eigenvalue weighted by atomic mass is 32.1. The number of nitrogens with one attached hydrogen (secondary N) is 2. The molecule has 7 nitrogen and oxygen atoms in total. The zero-order valence-corrected chi connectivity index (χ0v) is 17.0. The van der Waals surface area contributed by atoms with Crippen molar-refractivity contribution in [3.8, 4) is 0 Å². The van der Waals surface area contributed by atoms with Gasteiger partial charge < -0.3 is 20.1 Å². The van der Waals surface area contributed by atoms with E-state index < -0.39 is 0 Å². The average Bonchev–Trinajstić information content (AvgIpc) is 2.93. The second kappa shape index (κ2) is 9.48. The summed E-state index contributed by atoms with van der Waals surface area (Å²) in [6, 6.07) is 6.70. The Hall–Kier alpha value is -2.45. The summed E-state index contributed by atoms with van der Waals surface area (Å²) >= 11 is 0.919. The van der Waals surface area contributed by atoms with Crippen LogP contribution in [-0.4, -0.2) is 47.5 Å². The Morgan fingerprint density at radius 2 is 1.74 bits per heavy atom. The van der Waals surface area contributed by atoms with Crippen LogP contribution in [0.4, 0.5) is 5.69 Å². The maximum absolute atomic E-state index is 12.3. The van der Waals surface area contributed by atoms with E-state index in [0.717, 1.165) is 31.0 Å². The van der Waals surface area contributed by atoms with Crippen LogP contribution in [0.25, 0.3) is 0 Å². The molecular weight excluding hydrogens is 364 g/mol. The second-order valence-corrected chi connectivity index (χ2v) is 7.12. The molecule has 2 amide bonds. The van der Waals surface area contributed by atoms with Gasteiger partial charge in [-0.1, -0.05) is 25.2 Å². The van der Waals surface area contributed by atoms with Crippen LogP contribution < -0.4 is 15.5 Å². The minimum absolute atomic E-state index is 0.142. The summed E-state index contributed by atoms with van der Waals surface area (Å²) < 4.78 is 1.45. The smallest absolute Gasteiger partial charge is 0.307 e. The number of thiazole rings is 1. The van der Waals surface area contributed by atoms with Crippen molar-refractivity contribution in [3.63, 3.8) is 0 Å². The molecule has 1 aromatic heterocycles. The van der Waals surface area contributed by atoms with E-state index in [1.165, 1.54) is 4.57 Å². The number of likely N-dealkylation sites (N-methyl/N-ethyl adjacent to an activating group) is 1. The number of benzene rings is 1. The SMILES string of the molecule is CCN(CC)CCNC(=O)c1ccc(NC(=O)c2sc(=O)n(C)c2C)cc1. The third-order valence-corrected chi connectivity index (χ3v) is 5.65. The molecule has 1 heterocycles. The molecule has 27 heavy (non-hydrogen) atoms. The molecule has 1 aromatic carbocycles. The van der Waals surface area contributed by atoms with Crippen molar-refractivity contribution in [2.75, 3.05) is 31.5 Å². The summed E-state index contributed by atoms with van der Waals surface area (Å²) in [7, 11) is 1.64. The fraction of sp³-hybridized carbons (Fsp3) is 0.421. The molecule has 0 bridgehead atoms. The molecule has 0 aliphatic heterocycles. The van der Waals surface area contributed by atoms with Crippen LogP contribution in [0, 0.1) is 6.92 Å². The lowest BCUT2D eigenvalue weighted by molar-refractivity contribution is 0.0948. The summed E-state index contributed by atoms with van der Waals surface area (Å²) in [5.74, 6) is -0.469. The molecule has 8 heteroatoms. The topological polar surface area (TPSA) is 83.4 Å². The number of hydrogen-bond donors (Lipinski definition) is 2. The normalized spacial score (nSPS) is 10.9. The van der Waals surface area contributed by atoms with Crippen molar-refractivity contribution in [3.05, 3.63) is 50.1 Å². The first-order valence-electron chi connectivity index (χ1n) is 8.95. The zero-order chi connectivity index (χ0) is 20.0. The predicted molar refractivity (Wildman–Crippen MR) is 109 cm³/mol. The Bertz CT molecular complexity index is 851. The second-order valence-electron chi connectivity index (χ2n) is 6.16. The first-order valence-corrected chi connectivity index (χ1v) is 9.77. The van der Waals surface area contributed by atoms with Crippen molar-refractivity contribution >= 4 is 28.8 Å². The van der Waals surface area contributed by atoms with Crippen LogP contribution in [-0.2, 0) is 7.05 Å². The van der Waals surface area contributed by atoms with Crippen LogP contribution in [0.5, 0.6) is 0 Å².